The summed E-state index contributed by atoms with van der Waals surface area (Å²) in [4.78, 5) is 12.2. The van der Waals surface area contributed by atoms with Crippen LogP contribution >= 0.6 is 0 Å². The fourth-order valence-corrected chi connectivity index (χ4v) is 2.99. The average molecular weight is 260 g/mol. The van der Waals surface area contributed by atoms with E-state index in [0.717, 1.165) is 18.5 Å². The van der Waals surface area contributed by atoms with Crippen LogP contribution in [0.3, 0.4) is 0 Å². The Bertz CT molecular complexity index is 436. The van der Waals surface area contributed by atoms with Gasteiger partial charge in [0.15, 0.2) is 0 Å². The Hall–Kier alpha value is -1.35. The molecule has 2 rings (SSSR count). The van der Waals surface area contributed by atoms with Crippen LogP contribution in [0, 0.1) is 5.41 Å². The first kappa shape index (κ1) is 14.1. The van der Waals surface area contributed by atoms with Crippen molar-refractivity contribution < 1.29 is 4.79 Å². The zero-order valence-electron chi connectivity index (χ0n) is 11.7. The summed E-state index contributed by atoms with van der Waals surface area (Å²) < 4.78 is 0. The predicted octanol–water partition coefficient (Wildman–Crippen LogP) is 2.85. The Morgan fingerprint density at radius 3 is 2.74 bits per heavy atom. The standard InChI is InChI=1S/C16H24N2O/c1-2-16(8-3-4-9-16)12-18-15(19)14-7-5-6-13(10-14)11-17/h5-7,10H,2-4,8-9,11-12,17H2,1H3,(H,18,19). The summed E-state index contributed by atoms with van der Waals surface area (Å²) in [5.74, 6) is 0.0232. The van der Waals surface area contributed by atoms with Gasteiger partial charge < -0.3 is 11.1 Å². The van der Waals surface area contributed by atoms with Crippen molar-refractivity contribution in [1.29, 1.82) is 0 Å². The zero-order chi connectivity index (χ0) is 13.7. The molecule has 0 spiro atoms. The van der Waals surface area contributed by atoms with Crippen molar-refractivity contribution in [1.82, 2.24) is 5.32 Å². The Labute approximate surface area is 115 Å². The number of rotatable bonds is 5. The van der Waals surface area contributed by atoms with Crippen LogP contribution in [-0.2, 0) is 6.54 Å². The van der Waals surface area contributed by atoms with Crippen molar-refractivity contribution in [2.75, 3.05) is 6.54 Å². The van der Waals surface area contributed by atoms with Gasteiger partial charge in [0.05, 0.1) is 0 Å². The van der Waals surface area contributed by atoms with E-state index < -0.39 is 0 Å². The van der Waals surface area contributed by atoms with E-state index in [9.17, 15) is 4.79 Å². The summed E-state index contributed by atoms with van der Waals surface area (Å²) in [6.07, 6.45) is 6.23. The van der Waals surface area contributed by atoms with Crippen LogP contribution in [0.1, 0.15) is 54.9 Å². The SMILES string of the molecule is CCC1(CNC(=O)c2cccc(CN)c2)CCCC1. The zero-order valence-corrected chi connectivity index (χ0v) is 11.7. The van der Waals surface area contributed by atoms with Crippen LogP contribution in [-0.4, -0.2) is 12.5 Å². The number of benzene rings is 1. The molecule has 1 aromatic carbocycles. The Morgan fingerprint density at radius 2 is 2.11 bits per heavy atom. The summed E-state index contributed by atoms with van der Waals surface area (Å²) in [6.45, 7) is 3.50. The Kier molecular flexibility index (Phi) is 4.59. The second-order valence-electron chi connectivity index (χ2n) is 5.65. The van der Waals surface area contributed by atoms with Crippen LogP contribution in [0.4, 0.5) is 0 Å². The Balaban J connectivity index is 1.97. The van der Waals surface area contributed by atoms with E-state index >= 15 is 0 Å². The molecule has 3 nitrogen and oxygen atoms in total. The molecule has 0 atom stereocenters. The number of nitrogens with one attached hydrogen (secondary N) is 1. The second-order valence-corrected chi connectivity index (χ2v) is 5.65. The van der Waals surface area contributed by atoms with Crippen molar-refractivity contribution in [3.63, 3.8) is 0 Å². The summed E-state index contributed by atoms with van der Waals surface area (Å²) in [6, 6.07) is 7.56. The molecule has 1 fully saturated rings. The lowest BCUT2D eigenvalue weighted by molar-refractivity contribution is 0.0928. The van der Waals surface area contributed by atoms with Gasteiger partial charge >= 0.3 is 0 Å². The summed E-state index contributed by atoms with van der Waals surface area (Å²) >= 11 is 0. The van der Waals surface area contributed by atoms with Gasteiger partial charge in [-0.25, -0.2) is 0 Å². The number of carbonyl (C=O) groups is 1. The van der Waals surface area contributed by atoms with Gasteiger partial charge in [-0.1, -0.05) is 31.9 Å². The monoisotopic (exact) mass is 260 g/mol. The summed E-state index contributed by atoms with van der Waals surface area (Å²) in [7, 11) is 0. The lowest BCUT2D eigenvalue weighted by Crippen LogP contribution is -2.35. The maximum atomic E-state index is 12.2. The number of nitrogens with two attached hydrogens (primary N) is 1. The van der Waals surface area contributed by atoms with Crippen molar-refractivity contribution in [3.8, 4) is 0 Å². The Morgan fingerprint density at radius 1 is 1.37 bits per heavy atom. The second kappa shape index (κ2) is 6.20. The third kappa shape index (κ3) is 3.35. The van der Waals surface area contributed by atoms with Gasteiger partial charge in [-0.15, -0.1) is 0 Å². The first-order valence-electron chi connectivity index (χ1n) is 7.26. The molecule has 0 aromatic heterocycles. The molecule has 1 amide bonds. The van der Waals surface area contributed by atoms with Crippen LogP contribution in [0.25, 0.3) is 0 Å². The highest BCUT2D eigenvalue weighted by atomic mass is 16.1. The van der Waals surface area contributed by atoms with E-state index in [1.54, 1.807) is 0 Å². The van der Waals surface area contributed by atoms with E-state index in [0.29, 0.717) is 17.5 Å². The molecule has 0 heterocycles. The number of carbonyl (C=O) groups excluding carboxylic acids is 1. The van der Waals surface area contributed by atoms with Crippen molar-refractivity contribution in [2.45, 2.75) is 45.6 Å². The third-order valence-electron chi connectivity index (χ3n) is 4.46. The van der Waals surface area contributed by atoms with Gasteiger partial charge in [-0.3, -0.25) is 4.79 Å². The third-order valence-corrected chi connectivity index (χ3v) is 4.46. The molecule has 3 N–H and O–H groups in total. The molecule has 1 aromatic rings. The molecule has 1 aliphatic rings. The van der Waals surface area contributed by atoms with Gasteiger partial charge in [-0.2, -0.15) is 0 Å². The fraction of sp³-hybridized carbons (Fsp3) is 0.562. The molecular weight excluding hydrogens is 236 g/mol. The van der Waals surface area contributed by atoms with Crippen molar-refractivity contribution in [3.05, 3.63) is 35.4 Å². The van der Waals surface area contributed by atoms with Crippen molar-refractivity contribution >= 4 is 5.91 Å². The van der Waals surface area contributed by atoms with Gasteiger partial charge in [0, 0.05) is 18.7 Å². The fourth-order valence-electron chi connectivity index (χ4n) is 2.99. The summed E-state index contributed by atoms with van der Waals surface area (Å²) in [5.41, 5.74) is 7.65. The molecule has 19 heavy (non-hydrogen) atoms. The number of hydrogen-bond donors (Lipinski definition) is 2. The maximum Gasteiger partial charge on any atom is 0.251 e. The smallest absolute Gasteiger partial charge is 0.251 e. The number of hydrogen-bond acceptors (Lipinski definition) is 2. The van der Waals surface area contributed by atoms with E-state index in [-0.39, 0.29) is 5.91 Å². The summed E-state index contributed by atoms with van der Waals surface area (Å²) in [5, 5.41) is 3.10. The topological polar surface area (TPSA) is 55.1 Å². The minimum atomic E-state index is 0.0232. The molecule has 1 saturated carbocycles. The molecule has 0 bridgehead atoms. The number of amides is 1. The van der Waals surface area contributed by atoms with Gasteiger partial charge in [0.1, 0.15) is 0 Å². The van der Waals surface area contributed by atoms with Gasteiger partial charge in [0.25, 0.3) is 5.91 Å². The molecule has 104 valence electrons. The molecule has 1 aliphatic carbocycles. The maximum absolute atomic E-state index is 12.2. The quantitative estimate of drug-likeness (QED) is 0.855. The first-order valence-corrected chi connectivity index (χ1v) is 7.26. The molecule has 0 unspecified atom stereocenters. The molecular formula is C16H24N2O. The van der Waals surface area contributed by atoms with E-state index in [2.05, 4.69) is 12.2 Å². The van der Waals surface area contributed by atoms with Gasteiger partial charge in [-0.05, 0) is 42.4 Å². The van der Waals surface area contributed by atoms with Crippen LogP contribution in [0.5, 0.6) is 0 Å². The van der Waals surface area contributed by atoms with Crippen LogP contribution in [0.15, 0.2) is 24.3 Å². The minimum absolute atomic E-state index is 0.0232. The highest BCUT2D eigenvalue weighted by molar-refractivity contribution is 5.94. The highest BCUT2D eigenvalue weighted by Gasteiger charge is 2.32. The lowest BCUT2D eigenvalue weighted by Gasteiger charge is -2.27. The van der Waals surface area contributed by atoms with Gasteiger partial charge in [0.2, 0.25) is 0 Å². The molecule has 3 heteroatoms. The van der Waals surface area contributed by atoms with Crippen molar-refractivity contribution in [2.24, 2.45) is 11.1 Å². The molecule has 0 saturated heterocycles. The van der Waals surface area contributed by atoms with E-state index in [1.807, 2.05) is 24.3 Å². The normalized spacial score (nSPS) is 17.4. The first-order chi connectivity index (χ1) is 9.19. The average Bonchev–Trinajstić information content (AvgIpc) is 2.94. The molecule has 0 radical (unpaired) electrons. The van der Waals surface area contributed by atoms with Crippen LogP contribution in [0.2, 0.25) is 0 Å². The predicted molar refractivity (Wildman–Crippen MR) is 77.9 cm³/mol. The largest absolute Gasteiger partial charge is 0.351 e. The van der Waals surface area contributed by atoms with Crippen LogP contribution < -0.4 is 11.1 Å². The molecule has 0 aliphatic heterocycles. The lowest BCUT2D eigenvalue weighted by atomic mass is 9.83. The minimum Gasteiger partial charge on any atom is -0.351 e. The highest BCUT2D eigenvalue weighted by Crippen LogP contribution is 2.40. The van der Waals surface area contributed by atoms with E-state index in [4.69, 9.17) is 5.73 Å². The van der Waals surface area contributed by atoms with E-state index in [1.165, 1.54) is 25.7 Å².